The number of benzene rings is 1. The first kappa shape index (κ1) is 23.5. The molecule has 0 saturated heterocycles. The molecule has 2 N–H and O–H groups in total. The molecule has 190 valence electrons. The van der Waals surface area contributed by atoms with Crippen LogP contribution in [-0.2, 0) is 22.7 Å². The van der Waals surface area contributed by atoms with Crippen LogP contribution < -0.4 is 10.8 Å². The Morgan fingerprint density at radius 1 is 1.17 bits per heavy atom. The number of ether oxygens (including phenoxy) is 1. The number of aromatic nitrogens is 3. The van der Waals surface area contributed by atoms with Crippen molar-refractivity contribution in [3.05, 3.63) is 59.4 Å². The molecule has 1 spiro atoms. The molecule has 3 aromatic rings. The Labute approximate surface area is 213 Å². The molecule has 2 aliphatic carbocycles. The highest BCUT2D eigenvalue weighted by Crippen LogP contribution is 2.47. The van der Waals surface area contributed by atoms with Crippen LogP contribution >= 0.6 is 0 Å². The van der Waals surface area contributed by atoms with E-state index in [1.165, 1.54) is 37.7 Å². The molecule has 3 aliphatic rings. The summed E-state index contributed by atoms with van der Waals surface area (Å²) < 4.78 is 7.98. The van der Waals surface area contributed by atoms with Crippen LogP contribution in [0.2, 0.25) is 0 Å². The second-order valence-corrected chi connectivity index (χ2v) is 10.7. The summed E-state index contributed by atoms with van der Waals surface area (Å²) in [5, 5.41) is 9.63. The Bertz CT molecular complexity index is 1240. The Kier molecular flexibility index (Phi) is 6.44. The van der Waals surface area contributed by atoms with Crippen molar-refractivity contribution in [1.82, 2.24) is 20.2 Å². The molecule has 2 fully saturated rings. The molecule has 1 aromatic carbocycles. The lowest BCUT2D eigenvalue weighted by Gasteiger charge is -2.41. The van der Waals surface area contributed by atoms with E-state index in [1.54, 1.807) is 0 Å². The van der Waals surface area contributed by atoms with Gasteiger partial charge < -0.3 is 10.1 Å². The standard InChI is InChI=1S/C29H37N5O2/c1-3-34-28-24(17-30-34)27(32-23-12-8-5-9-13-23)26(20(2)31-28)25-16-29(36-33-25)14-22(15-29)19-35-18-21-10-6-4-7-11-21/h4,6-7,10-11,16-17,22-23,33H,3,5,8-9,12-15,18-19H2,1-2H3,(H,31,32). The predicted octanol–water partition coefficient (Wildman–Crippen LogP) is 5.75. The van der Waals surface area contributed by atoms with Gasteiger partial charge in [0.2, 0.25) is 0 Å². The maximum Gasteiger partial charge on any atom is 0.160 e. The summed E-state index contributed by atoms with van der Waals surface area (Å²) in [6.45, 7) is 6.44. The molecule has 2 saturated carbocycles. The molecule has 2 aromatic heterocycles. The first-order valence-corrected chi connectivity index (χ1v) is 13.6. The average molecular weight is 488 g/mol. The zero-order chi connectivity index (χ0) is 24.5. The van der Waals surface area contributed by atoms with Crippen molar-refractivity contribution >= 4 is 22.4 Å². The van der Waals surface area contributed by atoms with Crippen molar-refractivity contribution in [2.45, 2.75) is 83.6 Å². The summed E-state index contributed by atoms with van der Waals surface area (Å²) >= 11 is 0. The van der Waals surface area contributed by atoms with Crippen molar-refractivity contribution in [3.8, 4) is 0 Å². The summed E-state index contributed by atoms with van der Waals surface area (Å²) in [4.78, 5) is 11.2. The van der Waals surface area contributed by atoms with Gasteiger partial charge in [0.1, 0.15) is 5.60 Å². The topological polar surface area (TPSA) is 73.2 Å². The van der Waals surface area contributed by atoms with E-state index >= 15 is 0 Å². The second-order valence-electron chi connectivity index (χ2n) is 10.7. The number of rotatable bonds is 8. The average Bonchev–Trinajstić information content (AvgIpc) is 3.50. The monoisotopic (exact) mass is 487 g/mol. The molecule has 6 rings (SSSR count). The second kappa shape index (κ2) is 9.87. The fraction of sp³-hybridized carbons (Fsp3) is 0.517. The van der Waals surface area contributed by atoms with E-state index in [0.29, 0.717) is 18.6 Å². The van der Waals surface area contributed by atoms with E-state index in [2.05, 4.69) is 60.1 Å². The Balaban J connectivity index is 1.21. The van der Waals surface area contributed by atoms with E-state index in [4.69, 9.17) is 14.6 Å². The van der Waals surface area contributed by atoms with Crippen LogP contribution in [0.15, 0.2) is 42.6 Å². The first-order valence-electron chi connectivity index (χ1n) is 13.6. The van der Waals surface area contributed by atoms with Crippen molar-refractivity contribution in [2.24, 2.45) is 5.92 Å². The maximum absolute atomic E-state index is 6.20. The first-order chi connectivity index (χ1) is 17.6. The molecule has 36 heavy (non-hydrogen) atoms. The van der Waals surface area contributed by atoms with Crippen molar-refractivity contribution in [1.29, 1.82) is 0 Å². The van der Waals surface area contributed by atoms with Crippen LogP contribution in [0.25, 0.3) is 16.7 Å². The maximum atomic E-state index is 6.20. The van der Waals surface area contributed by atoms with E-state index < -0.39 is 0 Å². The lowest BCUT2D eigenvalue weighted by molar-refractivity contribution is -0.125. The van der Waals surface area contributed by atoms with Crippen LogP contribution in [0.1, 0.15) is 68.7 Å². The quantitative estimate of drug-likeness (QED) is 0.422. The highest BCUT2D eigenvalue weighted by molar-refractivity contribution is 5.97. The number of hydroxylamine groups is 1. The zero-order valence-corrected chi connectivity index (χ0v) is 21.4. The number of nitrogens with zero attached hydrogens (tertiary/aromatic N) is 3. The SMILES string of the molecule is CCn1ncc2c(NC3CCCCC3)c(C3=CC4(CC(COCc5ccccc5)C4)ON3)c(C)nc21. The van der Waals surface area contributed by atoms with Gasteiger partial charge in [-0.3, -0.25) is 10.3 Å². The number of hydrogen-bond acceptors (Lipinski definition) is 6. The van der Waals surface area contributed by atoms with Gasteiger partial charge in [-0.2, -0.15) is 5.10 Å². The highest BCUT2D eigenvalue weighted by atomic mass is 16.7. The minimum absolute atomic E-state index is 0.257. The highest BCUT2D eigenvalue weighted by Gasteiger charge is 2.48. The van der Waals surface area contributed by atoms with Gasteiger partial charge >= 0.3 is 0 Å². The van der Waals surface area contributed by atoms with Crippen LogP contribution in [0.3, 0.4) is 0 Å². The number of nitrogens with one attached hydrogen (secondary N) is 2. The van der Waals surface area contributed by atoms with Gasteiger partial charge in [-0.15, -0.1) is 0 Å². The molecule has 3 heterocycles. The number of fused-ring (bicyclic) bond motifs is 1. The lowest BCUT2D eigenvalue weighted by Crippen LogP contribution is -2.45. The number of hydrogen-bond donors (Lipinski definition) is 2. The molecule has 0 bridgehead atoms. The normalized spacial score (nSPS) is 24.1. The van der Waals surface area contributed by atoms with Crippen LogP contribution in [0.5, 0.6) is 0 Å². The molecule has 0 radical (unpaired) electrons. The molecular weight excluding hydrogens is 450 g/mol. The van der Waals surface area contributed by atoms with Crippen molar-refractivity contribution in [2.75, 3.05) is 11.9 Å². The van der Waals surface area contributed by atoms with E-state index in [9.17, 15) is 0 Å². The van der Waals surface area contributed by atoms with Crippen molar-refractivity contribution < 1.29 is 9.57 Å². The Morgan fingerprint density at radius 2 is 1.97 bits per heavy atom. The molecule has 0 atom stereocenters. The molecule has 0 amide bonds. The van der Waals surface area contributed by atoms with Gasteiger partial charge in [-0.25, -0.2) is 9.67 Å². The third-order valence-corrected chi connectivity index (χ3v) is 7.99. The predicted molar refractivity (Wildman–Crippen MR) is 142 cm³/mol. The molecule has 0 unspecified atom stereocenters. The van der Waals surface area contributed by atoms with E-state index in [1.807, 2.05) is 16.9 Å². The minimum Gasteiger partial charge on any atom is -0.381 e. The van der Waals surface area contributed by atoms with Gasteiger partial charge in [0.15, 0.2) is 5.65 Å². The molecule has 1 aliphatic heterocycles. The lowest BCUT2D eigenvalue weighted by atomic mass is 9.71. The number of anilines is 1. The third kappa shape index (κ3) is 4.50. The molecule has 7 heteroatoms. The van der Waals surface area contributed by atoms with Gasteiger partial charge in [0.05, 0.1) is 41.9 Å². The summed E-state index contributed by atoms with van der Waals surface area (Å²) in [6, 6.07) is 10.9. The third-order valence-electron chi connectivity index (χ3n) is 7.99. The fourth-order valence-electron chi connectivity index (χ4n) is 6.12. The van der Waals surface area contributed by atoms with Gasteiger partial charge in [0, 0.05) is 18.2 Å². The number of aryl methyl sites for hydroxylation is 2. The van der Waals surface area contributed by atoms with Crippen LogP contribution in [0.4, 0.5) is 5.69 Å². The van der Waals surface area contributed by atoms with Gasteiger partial charge in [-0.1, -0.05) is 49.6 Å². The van der Waals surface area contributed by atoms with Crippen LogP contribution in [0, 0.1) is 12.8 Å². The van der Waals surface area contributed by atoms with Crippen LogP contribution in [-0.4, -0.2) is 33.0 Å². The zero-order valence-electron chi connectivity index (χ0n) is 21.4. The molecule has 7 nitrogen and oxygen atoms in total. The smallest absolute Gasteiger partial charge is 0.160 e. The minimum atomic E-state index is -0.257. The van der Waals surface area contributed by atoms with Crippen molar-refractivity contribution in [3.63, 3.8) is 0 Å². The van der Waals surface area contributed by atoms with Gasteiger partial charge in [0.25, 0.3) is 0 Å². The summed E-state index contributed by atoms with van der Waals surface area (Å²) in [6.07, 6.45) is 12.5. The Hall–Kier alpha value is -2.90. The van der Waals surface area contributed by atoms with Gasteiger partial charge in [-0.05, 0) is 57.1 Å². The molecular formula is C29H37N5O2. The number of pyridine rings is 1. The van der Waals surface area contributed by atoms with E-state index in [0.717, 1.165) is 59.7 Å². The Morgan fingerprint density at radius 3 is 2.75 bits per heavy atom. The fourth-order valence-corrected chi connectivity index (χ4v) is 6.12. The summed E-state index contributed by atoms with van der Waals surface area (Å²) in [5.41, 5.74) is 9.47. The van der Waals surface area contributed by atoms with E-state index in [-0.39, 0.29) is 5.60 Å². The summed E-state index contributed by atoms with van der Waals surface area (Å²) in [7, 11) is 0. The summed E-state index contributed by atoms with van der Waals surface area (Å²) in [5.74, 6) is 0.510. The largest absolute Gasteiger partial charge is 0.381 e.